The minimum absolute atomic E-state index is 0.0285. The van der Waals surface area contributed by atoms with E-state index in [0.717, 1.165) is 66.9 Å². The first-order valence-electron chi connectivity index (χ1n) is 14.8. The van der Waals surface area contributed by atoms with E-state index in [2.05, 4.69) is 27.3 Å². The molecule has 0 unspecified atom stereocenters. The summed E-state index contributed by atoms with van der Waals surface area (Å²) in [6, 6.07) is 7.94. The van der Waals surface area contributed by atoms with E-state index in [1.54, 1.807) is 7.11 Å². The van der Waals surface area contributed by atoms with Gasteiger partial charge >= 0.3 is 0 Å². The number of nitrogens with one attached hydrogen (secondary N) is 2. The maximum Gasteiger partial charge on any atom is 0.223 e. The lowest BCUT2D eigenvalue weighted by atomic mass is 9.81. The molecule has 1 fully saturated rings. The van der Waals surface area contributed by atoms with Crippen LogP contribution >= 0.6 is 0 Å². The number of imidazole rings is 1. The number of hydrogen-bond donors (Lipinski definition) is 3. The van der Waals surface area contributed by atoms with Gasteiger partial charge in [0, 0.05) is 30.4 Å². The normalized spacial score (nSPS) is 17.2. The number of benzene rings is 1. The number of rotatable bonds is 15. The van der Waals surface area contributed by atoms with Crippen LogP contribution in [0.2, 0.25) is 0 Å². The highest BCUT2D eigenvalue weighted by Crippen LogP contribution is 2.39. The fourth-order valence-corrected chi connectivity index (χ4v) is 5.55. The second kappa shape index (κ2) is 14.4. The third kappa shape index (κ3) is 6.83. The number of carbonyl (C=O) groups is 1. The van der Waals surface area contributed by atoms with Crippen molar-refractivity contribution in [1.82, 2.24) is 29.9 Å². The Labute approximate surface area is 245 Å². The zero-order valence-electron chi connectivity index (χ0n) is 24.4. The smallest absolute Gasteiger partial charge is 0.223 e. The molecule has 0 saturated heterocycles. The Morgan fingerprint density at radius 2 is 1.81 bits per heavy atom. The van der Waals surface area contributed by atoms with Gasteiger partial charge in [0.05, 0.1) is 51.4 Å². The van der Waals surface area contributed by atoms with Crippen molar-refractivity contribution in [2.75, 3.05) is 59.0 Å². The van der Waals surface area contributed by atoms with Gasteiger partial charge in [-0.05, 0) is 44.2 Å². The summed E-state index contributed by atoms with van der Waals surface area (Å²) in [5.41, 5.74) is 9.43. The number of H-pyrrole nitrogens is 1. The summed E-state index contributed by atoms with van der Waals surface area (Å²) in [4.78, 5) is 25.5. The number of amides is 1. The van der Waals surface area contributed by atoms with Crippen LogP contribution in [0, 0.1) is 5.92 Å². The number of fused-ring (bicyclic) bond motifs is 2. The van der Waals surface area contributed by atoms with Crippen LogP contribution in [0.1, 0.15) is 50.8 Å². The van der Waals surface area contributed by atoms with Gasteiger partial charge in [0.25, 0.3) is 0 Å². The molecule has 0 bridgehead atoms. The molecule has 0 atom stereocenters. The Kier molecular flexibility index (Phi) is 10.2. The third-order valence-electron chi connectivity index (χ3n) is 7.68. The molecular weight excluding hydrogens is 538 g/mol. The van der Waals surface area contributed by atoms with Crippen LogP contribution in [0.3, 0.4) is 0 Å². The molecule has 5 rings (SSSR count). The van der Waals surface area contributed by atoms with Crippen molar-refractivity contribution >= 4 is 28.1 Å². The molecule has 1 aromatic carbocycles. The number of methoxy groups -OCH3 is 1. The fraction of sp³-hybridized carbons (Fsp3) is 0.533. The van der Waals surface area contributed by atoms with Gasteiger partial charge in [-0.3, -0.25) is 4.79 Å². The van der Waals surface area contributed by atoms with Gasteiger partial charge in [-0.2, -0.15) is 5.10 Å². The summed E-state index contributed by atoms with van der Waals surface area (Å²) < 4.78 is 23.7. The SMILES string of the molecule is CCCOCCOCCOCCNC(=O)[C@H]1CC[C@H](c2nc(-c3cc4cccc(OC)c4[nH]3)c3c(N)ncnn32)CC1. The summed E-state index contributed by atoms with van der Waals surface area (Å²) >= 11 is 0. The highest BCUT2D eigenvalue weighted by Gasteiger charge is 2.31. The second-order valence-corrected chi connectivity index (χ2v) is 10.5. The molecule has 4 N–H and O–H groups in total. The predicted octanol–water partition coefficient (Wildman–Crippen LogP) is 3.71. The number of nitrogen functional groups attached to an aromatic ring is 1. The van der Waals surface area contributed by atoms with Crippen LogP contribution < -0.4 is 15.8 Å². The van der Waals surface area contributed by atoms with E-state index in [4.69, 9.17) is 29.7 Å². The average Bonchev–Trinajstić information content (AvgIpc) is 3.62. The van der Waals surface area contributed by atoms with Crippen molar-refractivity contribution in [3.63, 3.8) is 0 Å². The first kappa shape index (κ1) is 29.7. The first-order valence-corrected chi connectivity index (χ1v) is 14.8. The van der Waals surface area contributed by atoms with E-state index in [-0.39, 0.29) is 17.7 Å². The molecule has 1 aliphatic rings. The first-order chi connectivity index (χ1) is 20.6. The summed E-state index contributed by atoms with van der Waals surface area (Å²) in [5.74, 6) is 2.16. The predicted molar refractivity (Wildman–Crippen MR) is 159 cm³/mol. The number of nitrogens with zero attached hydrogens (tertiary/aromatic N) is 4. The van der Waals surface area contributed by atoms with E-state index < -0.39 is 0 Å². The average molecular weight is 580 g/mol. The van der Waals surface area contributed by atoms with Gasteiger partial charge in [-0.1, -0.05) is 19.1 Å². The van der Waals surface area contributed by atoms with E-state index in [0.29, 0.717) is 56.6 Å². The maximum atomic E-state index is 12.8. The fourth-order valence-electron chi connectivity index (χ4n) is 5.55. The Bertz CT molecular complexity index is 1460. The van der Waals surface area contributed by atoms with Gasteiger partial charge in [0.1, 0.15) is 29.1 Å². The molecule has 42 heavy (non-hydrogen) atoms. The molecule has 3 aromatic heterocycles. The van der Waals surface area contributed by atoms with Crippen LogP contribution in [0.25, 0.3) is 27.8 Å². The van der Waals surface area contributed by atoms with Gasteiger partial charge in [-0.15, -0.1) is 0 Å². The Balaban J connectivity index is 1.15. The lowest BCUT2D eigenvalue weighted by Gasteiger charge is -2.26. The number of ether oxygens (including phenoxy) is 4. The van der Waals surface area contributed by atoms with Crippen LogP contribution in [0.5, 0.6) is 5.75 Å². The molecule has 1 saturated carbocycles. The molecule has 1 aliphatic carbocycles. The molecule has 0 radical (unpaired) electrons. The van der Waals surface area contributed by atoms with Crippen molar-refractivity contribution in [3.8, 4) is 17.1 Å². The molecular formula is C30H41N7O5. The lowest BCUT2D eigenvalue weighted by Crippen LogP contribution is -2.35. The third-order valence-corrected chi connectivity index (χ3v) is 7.68. The minimum Gasteiger partial charge on any atom is -0.495 e. The minimum atomic E-state index is -0.0285. The topological polar surface area (TPSA) is 151 Å². The van der Waals surface area contributed by atoms with Crippen molar-refractivity contribution in [2.24, 2.45) is 5.92 Å². The maximum absolute atomic E-state index is 12.8. The molecule has 3 heterocycles. The Hall–Kier alpha value is -3.74. The van der Waals surface area contributed by atoms with Crippen LogP contribution in [-0.4, -0.2) is 83.8 Å². The van der Waals surface area contributed by atoms with Crippen LogP contribution in [-0.2, 0) is 19.0 Å². The molecule has 0 aliphatic heterocycles. The molecule has 12 nitrogen and oxygen atoms in total. The van der Waals surface area contributed by atoms with Crippen LogP contribution in [0.15, 0.2) is 30.6 Å². The number of nitrogens with two attached hydrogens (primary N) is 1. The standard InChI is InChI=1S/C30H41N7O5/c1-3-12-40-14-16-42-17-15-41-13-11-32-30(38)21-9-7-20(8-10-21)29-36-26(27-28(31)33-19-34-37(27)29)23-18-22-5-4-6-24(39-2)25(22)35-23/h4-6,18-21,35H,3,7-17H2,1-2H3,(H,32,38)(H2,31,33,34)/t20-,21-. The van der Waals surface area contributed by atoms with Gasteiger partial charge < -0.3 is 35.0 Å². The molecule has 12 heteroatoms. The second-order valence-electron chi connectivity index (χ2n) is 10.5. The van der Waals surface area contributed by atoms with Crippen molar-refractivity contribution < 1.29 is 23.7 Å². The number of anilines is 1. The monoisotopic (exact) mass is 579 g/mol. The van der Waals surface area contributed by atoms with Crippen molar-refractivity contribution in [2.45, 2.75) is 44.9 Å². The highest BCUT2D eigenvalue weighted by atomic mass is 16.5. The molecule has 226 valence electrons. The van der Waals surface area contributed by atoms with E-state index in [1.165, 1.54) is 6.33 Å². The Morgan fingerprint density at radius 3 is 2.55 bits per heavy atom. The summed E-state index contributed by atoms with van der Waals surface area (Å²) in [5, 5.41) is 8.55. The molecule has 0 spiro atoms. The number of para-hydroxylation sites is 1. The number of aromatic amines is 1. The summed E-state index contributed by atoms with van der Waals surface area (Å²) in [7, 11) is 1.65. The number of hydrogen-bond acceptors (Lipinski definition) is 9. The van der Waals surface area contributed by atoms with Crippen LogP contribution in [0.4, 0.5) is 5.82 Å². The van der Waals surface area contributed by atoms with Gasteiger partial charge in [0.15, 0.2) is 5.82 Å². The number of carbonyl (C=O) groups excluding carboxylic acids is 1. The number of aromatic nitrogens is 5. The van der Waals surface area contributed by atoms with Crippen molar-refractivity contribution in [3.05, 3.63) is 36.4 Å². The molecule has 4 aromatic rings. The van der Waals surface area contributed by atoms with Gasteiger partial charge in [-0.25, -0.2) is 14.5 Å². The highest BCUT2D eigenvalue weighted by molar-refractivity contribution is 5.93. The lowest BCUT2D eigenvalue weighted by molar-refractivity contribution is -0.126. The van der Waals surface area contributed by atoms with E-state index in [1.807, 2.05) is 28.8 Å². The summed E-state index contributed by atoms with van der Waals surface area (Å²) in [6.07, 6.45) is 5.68. The summed E-state index contributed by atoms with van der Waals surface area (Å²) in [6.45, 7) is 5.96. The zero-order valence-corrected chi connectivity index (χ0v) is 24.4. The van der Waals surface area contributed by atoms with Crippen molar-refractivity contribution in [1.29, 1.82) is 0 Å². The van der Waals surface area contributed by atoms with Gasteiger partial charge in [0.2, 0.25) is 5.91 Å². The van der Waals surface area contributed by atoms with E-state index >= 15 is 0 Å². The Morgan fingerprint density at radius 1 is 1.07 bits per heavy atom. The largest absolute Gasteiger partial charge is 0.495 e. The molecule has 1 amide bonds. The quantitative estimate of drug-likeness (QED) is 0.179. The zero-order chi connectivity index (χ0) is 29.3. The van der Waals surface area contributed by atoms with E-state index in [9.17, 15) is 4.79 Å².